The minimum Gasteiger partial charge on any atom is -0.334 e. The SMILES string of the molecule is C1=CCCC(C2=C(c3cccc(-c4cccc(C5=CCC(N(c6ccccc6)c6ccc(-c7ccccc7)cc6)C=C5)c4)c3)C=CC(/C=C\C=C/Cc3ccc(-c4ccccc4)cc3)C2)=C1. The van der Waals surface area contributed by atoms with Crippen LogP contribution in [0.3, 0.4) is 0 Å². The van der Waals surface area contributed by atoms with Crippen LogP contribution in [0.2, 0.25) is 0 Å². The van der Waals surface area contributed by atoms with Gasteiger partial charge in [0.25, 0.3) is 0 Å². The molecule has 0 spiro atoms. The average Bonchev–Trinajstić information content (AvgIpc) is 3.40. The van der Waals surface area contributed by atoms with Crippen LogP contribution in [0.25, 0.3) is 44.5 Å². The van der Waals surface area contributed by atoms with Crippen LogP contribution >= 0.6 is 0 Å². The number of hydrogen-bond acceptors (Lipinski definition) is 1. The highest BCUT2D eigenvalue weighted by Gasteiger charge is 2.22. The summed E-state index contributed by atoms with van der Waals surface area (Å²) in [6.07, 6.45) is 32.8. The van der Waals surface area contributed by atoms with E-state index in [9.17, 15) is 0 Å². The second-order valence-corrected chi connectivity index (χ2v) is 17.5. The first-order chi connectivity index (χ1) is 32.7. The van der Waals surface area contributed by atoms with Gasteiger partial charge in [0.1, 0.15) is 0 Å². The van der Waals surface area contributed by atoms with Crippen molar-refractivity contribution in [1.29, 1.82) is 0 Å². The topological polar surface area (TPSA) is 3.24 Å². The van der Waals surface area contributed by atoms with Gasteiger partial charge in [0.15, 0.2) is 0 Å². The lowest BCUT2D eigenvalue weighted by Gasteiger charge is -2.33. The molecule has 7 aromatic rings. The van der Waals surface area contributed by atoms with E-state index in [4.69, 9.17) is 0 Å². The van der Waals surface area contributed by atoms with E-state index in [1.165, 1.54) is 83.7 Å². The van der Waals surface area contributed by atoms with Crippen molar-refractivity contribution in [3.8, 4) is 33.4 Å². The molecule has 0 amide bonds. The second-order valence-electron chi connectivity index (χ2n) is 17.5. The number of allylic oxidation sites excluding steroid dienone is 14. The van der Waals surface area contributed by atoms with E-state index >= 15 is 0 Å². The quantitative estimate of drug-likeness (QED) is 0.105. The average molecular weight is 850 g/mol. The number of rotatable bonds is 13. The fourth-order valence-electron chi connectivity index (χ4n) is 9.57. The summed E-state index contributed by atoms with van der Waals surface area (Å²) in [7, 11) is 0. The van der Waals surface area contributed by atoms with Crippen molar-refractivity contribution < 1.29 is 0 Å². The van der Waals surface area contributed by atoms with Crippen LogP contribution in [0.15, 0.2) is 272 Å². The monoisotopic (exact) mass is 849 g/mol. The van der Waals surface area contributed by atoms with Crippen molar-refractivity contribution in [1.82, 2.24) is 0 Å². The highest BCUT2D eigenvalue weighted by Crippen LogP contribution is 2.40. The zero-order chi connectivity index (χ0) is 44.3. The molecule has 0 heterocycles. The molecule has 0 fully saturated rings. The molecule has 7 aromatic carbocycles. The minimum absolute atomic E-state index is 0.195. The van der Waals surface area contributed by atoms with Gasteiger partial charge in [-0.2, -0.15) is 0 Å². The summed E-state index contributed by atoms with van der Waals surface area (Å²) in [5.41, 5.74) is 19.2. The van der Waals surface area contributed by atoms with Gasteiger partial charge in [-0.25, -0.2) is 0 Å². The van der Waals surface area contributed by atoms with Gasteiger partial charge < -0.3 is 4.90 Å². The molecule has 2 unspecified atom stereocenters. The Morgan fingerprint density at radius 1 is 0.515 bits per heavy atom. The maximum absolute atomic E-state index is 2.46. The fourth-order valence-corrected chi connectivity index (χ4v) is 9.57. The molecule has 3 aliphatic carbocycles. The standard InChI is InChI=1S/C65H55N/c1(6-18-49-32-35-53(36-33-49)51-20-8-2-9-21-51)7-19-50-34-45-64(65(46-50)56-24-12-4-13-25-56)60-29-17-28-59(48-60)58-27-16-26-57(47-58)55-39-43-63(44-40-55)66(61-30-14-5-15-31-61)62-41-37-54(38-42-62)52-22-10-3-11-23-52/h1-12,14-17,19-24,26-43,45,47-48,50,63H,13,18,25,44,46H2/b6-1-,19-7-. The largest absolute Gasteiger partial charge is 0.334 e. The molecule has 320 valence electrons. The van der Waals surface area contributed by atoms with Crippen molar-refractivity contribution >= 4 is 22.5 Å². The van der Waals surface area contributed by atoms with E-state index in [1.54, 1.807) is 0 Å². The van der Waals surface area contributed by atoms with Crippen LogP contribution in [-0.4, -0.2) is 6.04 Å². The number of nitrogens with zero attached hydrogens (tertiary/aromatic N) is 1. The zero-order valence-electron chi connectivity index (χ0n) is 37.5. The third-order valence-corrected chi connectivity index (χ3v) is 13.1. The first-order valence-electron chi connectivity index (χ1n) is 23.6. The Kier molecular flexibility index (Phi) is 13.1. The maximum atomic E-state index is 2.46. The van der Waals surface area contributed by atoms with Crippen molar-refractivity contribution in [2.75, 3.05) is 4.90 Å². The summed E-state index contributed by atoms with van der Waals surface area (Å²) < 4.78 is 0. The van der Waals surface area contributed by atoms with Crippen molar-refractivity contribution in [3.05, 3.63) is 289 Å². The van der Waals surface area contributed by atoms with E-state index in [1.807, 2.05) is 0 Å². The third-order valence-electron chi connectivity index (χ3n) is 13.1. The third kappa shape index (κ3) is 9.97. The van der Waals surface area contributed by atoms with Gasteiger partial charge in [0.05, 0.1) is 6.04 Å². The molecule has 1 nitrogen and oxygen atoms in total. The van der Waals surface area contributed by atoms with E-state index in [2.05, 4.69) is 266 Å². The van der Waals surface area contributed by atoms with Gasteiger partial charge in [0, 0.05) is 11.4 Å². The van der Waals surface area contributed by atoms with E-state index in [0.717, 1.165) is 32.1 Å². The van der Waals surface area contributed by atoms with Gasteiger partial charge in [-0.15, -0.1) is 0 Å². The van der Waals surface area contributed by atoms with E-state index in [-0.39, 0.29) is 6.04 Å². The lowest BCUT2D eigenvalue weighted by Crippen LogP contribution is -2.30. The van der Waals surface area contributed by atoms with E-state index in [0.29, 0.717) is 5.92 Å². The Bertz CT molecular complexity index is 3010. The first-order valence-corrected chi connectivity index (χ1v) is 23.6. The summed E-state index contributed by atoms with van der Waals surface area (Å²) in [6, 6.07) is 68.3. The highest BCUT2D eigenvalue weighted by molar-refractivity contribution is 5.85. The Labute approximate surface area is 391 Å². The summed E-state index contributed by atoms with van der Waals surface area (Å²) in [5, 5.41) is 0. The van der Waals surface area contributed by atoms with Crippen LogP contribution in [-0.2, 0) is 6.42 Å². The second kappa shape index (κ2) is 20.4. The lowest BCUT2D eigenvalue weighted by molar-refractivity contribution is 0.777. The highest BCUT2D eigenvalue weighted by atomic mass is 15.2. The first kappa shape index (κ1) is 42.2. The summed E-state index contributed by atoms with van der Waals surface area (Å²) in [4.78, 5) is 2.46. The van der Waals surface area contributed by atoms with Gasteiger partial charge in [-0.05, 0) is 147 Å². The van der Waals surface area contributed by atoms with Crippen molar-refractivity contribution in [2.24, 2.45) is 5.92 Å². The Morgan fingerprint density at radius 2 is 1.11 bits per heavy atom. The van der Waals surface area contributed by atoms with Crippen LogP contribution in [0, 0.1) is 5.92 Å². The minimum atomic E-state index is 0.195. The molecule has 0 radical (unpaired) electrons. The predicted molar refractivity (Wildman–Crippen MR) is 282 cm³/mol. The summed E-state index contributed by atoms with van der Waals surface area (Å²) >= 11 is 0. The van der Waals surface area contributed by atoms with E-state index < -0.39 is 0 Å². The van der Waals surface area contributed by atoms with Crippen LogP contribution in [0.5, 0.6) is 0 Å². The van der Waals surface area contributed by atoms with Gasteiger partial charge in [0.2, 0.25) is 0 Å². The smallest absolute Gasteiger partial charge is 0.0560 e. The predicted octanol–water partition coefficient (Wildman–Crippen LogP) is 17.2. The van der Waals surface area contributed by atoms with Crippen LogP contribution < -0.4 is 4.90 Å². The number of anilines is 2. The Hall–Kier alpha value is -7.74. The normalized spacial score (nSPS) is 17.0. The fraction of sp³-hybridized carbons (Fsp3) is 0.108. The van der Waals surface area contributed by atoms with Crippen molar-refractivity contribution in [2.45, 2.75) is 38.1 Å². The number of hydrogen-bond donors (Lipinski definition) is 0. The molecule has 0 saturated heterocycles. The molecule has 2 atom stereocenters. The Balaban J connectivity index is 0.836. The number of benzene rings is 7. The van der Waals surface area contributed by atoms with Crippen molar-refractivity contribution in [3.63, 3.8) is 0 Å². The van der Waals surface area contributed by atoms with Crippen LogP contribution in [0.1, 0.15) is 42.4 Å². The molecular weight excluding hydrogens is 795 g/mol. The molecule has 66 heavy (non-hydrogen) atoms. The van der Waals surface area contributed by atoms with Crippen LogP contribution in [0.4, 0.5) is 11.4 Å². The molecule has 0 saturated carbocycles. The van der Waals surface area contributed by atoms with Gasteiger partial charge in [-0.3, -0.25) is 0 Å². The molecule has 3 aliphatic rings. The molecular formula is C65H55N. The van der Waals surface area contributed by atoms with Gasteiger partial charge >= 0.3 is 0 Å². The Morgan fingerprint density at radius 3 is 1.76 bits per heavy atom. The molecule has 0 aromatic heterocycles. The number of para-hydroxylation sites is 1. The molecule has 10 rings (SSSR count). The lowest BCUT2D eigenvalue weighted by atomic mass is 9.80. The maximum Gasteiger partial charge on any atom is 0.0560 e. The molecule has 0 aliphatic heterocycles. The molecule has 1 heteroatoms. The zero-order valence-corrected chi connectivity index (χ0v) is 37.5. The molecule has 0 N–H and O–H groups in total. The summed E-state index contributed by atoms with van der Waals surface area (Å²) in [5.74, 6) is 0.349. The summed E-state index contributed by atoms with van der Waals surface area (Å²) in [6.45, 7) is 0. The molecule has 0 bridgehead atoms. The van der Waals surface area contributed by atoms with Gasteiger partial charge in [-0.1, -0.05) is 225 Å².